The highest BCUT2D eigenvalue weighted by molar-refractivity contribution is 5.42. The van der Waals surface area contributed by atoms with Crippen LogP contribution in [0.5, 0.6) is 5.75 Å². The molecule has 156 valence electrons. The SMILES string of the molecule is CC.CC.CCc1cc(C)c(O)c(C)c1.CO.CO.COC.COC. The average molecular weight is 367 g/mol. The summed E-state index contributed by atoms with van der Waals surface area (Å²) in [6, 6.07) is 4.06. The number of aliphatic hydroxyl groups excluding tert-OH is 2. The Morgan fingerprint density at radius 1 is 0.720 bits per heavy atom. The van der Waals surface area contributed by atoms with Crippen molar-refractivity contribution in [2.24, 2.45) is 0 Å². The van der Waals surface area contributed by atoms with E-state index in [1.165, 1.54) is 5.56 Å². The molecule has 0 heterocycles. The van der Waals surface area contributed by atoms with E-state index in [2.05, 4.69) is 16.4 Å². The Hall–Kier alpha value is -1.14. The van der Waals surface area contributed by atoms with Crippen LogP contribution in [0.1, 0.15) is 51.3 Å². The second-order valence-corrected chi connectivity index (χ2v) is 3.75. The number of hydrogen-bond donors (Lipinski definition) is 3. The highest BCUT2D eigenvalue weighted by Gasteiger charge is 2.00. The van der Waals surface area contributed by atoms with Crippen molar-refractivity contribution >= 4 is 0 Å². The van der Waals surface area contributed by atoms with Crippen LogP contribution in [0.25, 0.3) is 0 Å². The first-order chi connectivity index (χ1) is 12.0. The summed E-state index contributed by atoms with van der Waals surface area (Å²) in [6.07, 6.45) is 1.03. The van der Waals surface area contributed by atoms with Crippen LogP contribution >= 0.6 is 0 Å². The first-order valence-electron chi connectivity index (χ1n) is 8.47. The number of phenols is 1. The fourth-order valence-corrected chi connectivity index (χ4v) is 1.25. The molecule has 0 unspecified atom stereocenters. The average Bonchev–Trinajstić information content (AvgIpc) is 2.67. The summed E-state index contributed by atoms with van der Waals surface area (Å²) in [5.74, 6) is 0.433. The lowest BCUT2D eigenvalue weighted by Crippen LogP contribution is -1.85. The van der Waals surface area contributed by atoms with Gasteiger partial charge in [0, 0.05) is 42.7 Å². The van der Waals surface area contributed by atoms with Gasteiger partial charge >= 0.3 is 0 Å². The molecule has 1 rings (SSSR count). The van der Waals surface area contributed by atoms with E-state index in [0.717, 1.165) is 31.8 Å². The van der Waals surface area contributed by atoms with Gasteiger partial charge in [-0.05, 0) is 37.0 Å². The lowest BCUT2D eigenvalue weighted by Gasteiger charge is -2.05. The third-order valence-corrected chi connectivity index (χ3v) is 1.96. The van der Waals surface area contributed by atoms with E-state index in [4.69, 9.17) is 10.2 Å². The molecule has 5 nitrogen and oxygen atoms in total. The van der Waals surface area contributed by atoms with Crippen LogP contribution in [0.2, 0.25) is 0 Å². The maximum Gasteiger partial charge on any atom is 0.121 e. The molecule has 0 aliphatic carbocycles. The van der Waals surface area contributed by atoms with E-state index in [-0.39, 0.29) is 0 Å². The highest BCUT2D eigenvalue weighted by atomic mass is 16.5. The summed E-state index contributed by atoms with van der Waals surface area (Å²) >= 11 is 0. The minimum absolute atomic E-state index is 0.433. The van der Waals surface area contributed by atoms with Crippen LogP contribution in [0.3, 0.4) is 0 Å². The van der Waals surface area contributed by atoms with Crippen molar-refractivity contribution in [3.63, 3.8) is 0 Å². The van der Waals surface area contributed by atoms with Gasteiger partial charge in [0.25, 0.3) is 0 Å². The molecule has 0 aromatic heterocycles. The summed E-state index contributed by atoms with van der Waals surface area (Å²) < 4.78 is 8.50. The van der Waals surface area contributed by atoms with Crippen LogP contribution in [0.15, 0.2) is 12.1 Å². The standard InChI is InChI=1S/C10H14O.2C2H6O.2C2H6.2CH4O/c1-4-9-5-7(2)10(11)8(3)6-9;2*1-3-2;4*1-2/h5-6,11H,4H2,1-3H3;2*1-2H3;2*1-2H3;2*2H,1H3. The van der Waals surface area contributed by atoms with Gasteiger partial charge in [-0.2, -0.15) is 0 Å². The van der Waals surface area contributed by atoms with Gasteiger partial charge in [-0.25, -0.2) is 0 Å². The number of ether oxygens (including phenoxy) is 2. The lowest BCUT2D eigenvalue weighted by atomic mass is 10.0. The van der Waals surface area contributed by atoms with E-state index in [1.807, 2.05) is 53.7 Å². The van der Waals surface area contributed by atoms with E-state index in [0.29, 0.717) is 5.75 Å². The second kappa shape index (κ2) is 43.4. The molecule has 1 aromatic carbocycles. The lowest BCUT2D eigenvalue weighted by molar-refractivity contribution is 0.277. The van der Waals surface area contributed by atoms with E-state index < -0.39 is 0 Å². The van der Waals surface area contributed by atoms with Crippen molar-refractivity contribution < 1.29 is 24.8 Å². The van der Waals surface area contributed by atoms with E-state index in [1.54, 1.807) is 28.4 Å². The Morgan fingerprint density at radius 3 is 1.08 bits per heavy atom. The smallest absolute Gasteiger partial charge is 0.121 e. The minimum Gasteiger partial charge on any atom is -0.507 e. The summed E-state index contributed by atoms with van der Waals surface area (Å²) in [5.41, 5.74) is 3.24. The molecule has 0 atom stereocenters. The Kier molecular flexibility index (Phi) is 67.9. The van der Waals surface area contributed by atoms with Gasteiger partial charge in [-0.15, -0.1) is 0 Å². The summed E-state index contributed by atoms with van der Waals surface area (Å²) in [6.45, 7) is 14.0. The Balaban J connectivity index is -0.0000000542. The van der Waals surface area contributed by atoms with Gasteiger partial charge in [-0.3, -0.25) is 0 Å². The Bertz CT molecular complexity index is 277. The van der Waals surface area contributed by atoms with Crippen LogP contribution in [-0.4, -0.2) is 58.0 Å². The van der Waals surface area contributed by atoms with Crippen molar-refractivity contribution in [1.82, 2.24) is 0 Å². The molecule has 0 bridgehead atoms. The number of rotatable bonds is 1. The molecular weight excluding hydrogens is 320 g/mol. The van der Waals surface area contributed by atoms with Gasteiger partial charge < -0.3 is 24.8 Å². The number of aliphatic hydroxyl groups is 2. The van der Waals surface area contributed by atoms with Crippen LogP contribution in [0, 0.1) is 13.8 Å². The van der Waals surface area contributed by atoms with Crippen molar-refractivity contribution in [2.45, 2.75) is 54.9 Å². The molecule has 0 spiro atoms. The van der Waals surface area contributed by atoms with Crippen molar-refractivity contribution in [1.29, 1.82) is 0 Å². The number of benzene rings is 1. The summed E-state index contributed by atoms with van der Waals surface area (Å²) in [7, 11) is 8.50. The number of aromatic hydroxyl groups is 1. The van der Waals surface area contributed by atoms with Gasteiger partial charge in [0.05, 0.1) is 0 Å². The van der Waals surface area contributed by atoms with Crippen molar-refractivity contribution in [3.05, 3.63) is 28.8 Å². The van der Waals surface area contributed by atoms with Crippen molar-refractivity contribution in [3.8, 4) is 5.75 Å². The summed E-state index contributed by atoms with van der Waals surface area (Å²) in [4.78, 5) is 0. The van der Waals surface area contributed by atoms with Gasteiger partial charge in [-0.1, -0.05) is 46.8 Å². The third-order valence-electron chi connectivity index (χ3n) is 1.96. The first-order valence-corrected chi connectivity index (χ1v) is 8.47. The molecule has 25 heavy (non-hydrogen) atoms. The molecule has 0 aliphatic heterocycles. The number of aryl methyl sites for hydroxylation is 3. The van der Waals surface area contributed by atoms with E-state index >= 15 is 0 Å². The number of hydrogen-bond acceptors (Lipinski definition) is 5. The zero-order valence-electron chi connectivity index (χ0n) is 19.0. The third kappa shape index (κ3) is 35.0. The number of methoxy groups -OCH3 is 2. The topological polar surface area (TPSA) is 79.2 Å². The minimum atomic E-state index is 0.433. The second-order valence-electron chi connectivity index (χ2n) is 3.75. The molecule has 0 amide bonds. The van der Waals surface area contributed by atoms with Crippen LogP contribution in [0.4, 0.5) is 0 Å². The first kappa shape index (κ1) is 39.1. The van der Waals surface area contributed by atoms with Gasteiger partial charge in [0.15, 0.2) is 0 Å². The predicted octanol–water partition coefficient (Wildman–Crippen LogP) is 4.37. The molecule has 3 N–H and O–H groups in total. The molecule has 0 fully saturated rings. The molecule has 0 radical (unpaired) electrons. The molecule has 1 aromatic rings. The monoisotopic (exact) mass is 366 g/mol. The molecule has 0 saturated carbocycles. The highest BCUT2D eigenvalue weighted by Crippen LogP contribution is 2.22. The van der Waals surface area contributed by atoms with Crippen molar-refractivity contribution in [2.75, 3.05) is 42.7 Å². The zero-order valence-corrected chi connectivity index (χ0v) is 19.0. The molecular formula is C20H46O5. The zero-order chi connectivity index (χ0) is 21.8. The molecule has 5 heteroatoms. The Labute approximate surface area is 157 Å². The normalized spacial score (nSPS) is 6.84. The van der Waals surface area contributed by atoms with E-state index in [9.17, 15) is 5.11 Å². The Morgan fingerprint density at radius 2 is 0.920 bits per heavy atom. The molecule has 0 saturated heterocycles. The molecule has 0 aliphatic rings. The quantitative estimate of drug-likeness (QED) is 0.688. The van der Waals surface area contributed by atoms with Crippen LogP contribution in [-0.2, 0) is 15.9 Å². The van der Waals surface area contributed by atoms with Gasteiger partial charge in [0.1, 0.15) is 5.75 Å². The van der Waals surface area contributed by atoms with Gasteiger partial charge in [0.2, 0.25) is 0 Å². The summed E-state index contributed by atoms with van der Waals surface area (Å²) in [5, 5.41) is 23.4. The fraction of sp³-hybridized carbons (Fsp3) is 0.700. The van der Waals surface area contributed by atoms with Crippen LogP contribution < -0.4 is 0 Å². The largest absolute Gasteiger partial charge is 0.507 e. The maximum absolute atomic E-state index is 9.43. The predicted molar refractivity (Wildman–Crippen MR) is 112 cm³/mol. The number of phenolic OH excluding ortho intramolecular Hbond substituents is 1. The fourth-order valence-electron chi connectivity index (χ4n) is 1.25. The maximum atomic E-state index is 9.43.